The van der Waals surface area contributed by atoms with Crippen molar-refractivity contribution in [3.63, 3.8) is 0 Å². The lowest BCUT2D eigenvalue weighted by molar-refractivity contribution is 0.288. The van der Waals surface area contributed by atoms with Crippen LogP contribution in [-0.4, -0.2) is 32.2 Å². The van der Waals surface area contributed by atoms with Crippen LogP contribution in [-0.2, 0) is 13.0 Å². The van der Waals surface area contributed by atoms with E-state index in [4.69, 9.17) is 9.47 Å². The van der Waals surface area contributed by atoms with E-state index in [-0.39, 0.29) is 0 Å². The lowest BCUT2D eigenvalue weighted by Crippen LogP contribution is -2.01. The number of hydrogen-bond acceptors (Lipinski definition) is 6. The number of fused-ring (bicyclic) bond motifs is 1. The zero-order valence-corrected chi connectivity index (χ0v) is 15.4. The third-order valence-electron chi connectivity index (χ3n) is 4.30. The molecule has 7 nitrogen and oxygen atoms in total. The monoisotopic (exact) mass is 375 g/mol. The van der Waals surface area contributed by atoms with E-state index in [1.54, 1.807) is 0 Å². The summed E-state index contributed by atoms with van der Waals surface area (Å²) in [5.41, 5.74) is 1.87. The molecule has 4 rings (SSSR count). The van der Waals surface area contributed by atoms with Crippen molar-refractivity contribution in [2.45, 2.75) is 25.9 Å². The summed E-state index contributed by atoms with van der Waals surface area (Å²) in [5.74, 6) is 2.29. The number of para-hydroxylation sites is 1. The Hall–Kier alpha value is -3.48. The summed E-state index contributed by atoms with van der Waals surface area (Å²) in [7, 11) is 0. The summed E-state index contributed by atoms with van der Waals surface area (Å²) in [6, 6.07) is 19.8. The van der Waals surface area contributed by atoms with Gasteiger partial charge in [-0.05, 0) is 37.1 Å². The number of rotatable bonds is 9. The maximum atomic E-state index is 5.89. The van der Waals surface area contributed by atoms with E-state index in [0.29, 0.717) is 13.2 Å². The standard InChI is InChI=1S/C21H21N5O2/c1-2-9-20-16(6-1)11-12-17(22-20)15-28-19-8-5-7-18(14-19)27-13-4-3-10-21-23-25-26-24-21/h1-2,5-9,11-12,14H,3-4,10,13,15H2,(H,23,24,25,26). The number of nitrogens with zero attached hydrogens (tertiary/aromatic N) is 4. The van der Waals surface area contributed by atoms with E-state index < -0.39 is 0 Å². The average molecular weight is 375 g/mol. The molecule has 0 aliphatic rings. The van der Waals surface area contributed by atoms with Gasteiger partial charge < -0.3 is 9.47 Å². The number of ether oxygens (including phenoxy) is 2. The lowest BCUT2D eigenvalue weighted by atomic mass is 10.2. The van der Waals surface area contributed by atoms with Gasteiger partial charge in [0, 0.05) is 17.9 Å². The first-order valence-electron chi connectivity index (χ1n) is 9.29. The third kappa shape index (κ3) is 4.82. The van der Waals surface area contributed by atoms with Gasteiger partial charge in [0.25, 0.3) is 0 Å². The number of tetrazole rings is 1. The van der Waals surface area contributed by atoms with Crippen molar-refractivity contribution in [1.29, 1.82) is 0 Å². The molecule has 0 saturated carbocycles. The minimum absolute atomic E-state index is 0.416. The highest BCUT2D eigenvalue weighted by Gasteiger charge is 2.03. The van der Waals surface area contributed by atoms with Crippen molar-refractivity contribution in [3.8, 4) is 11.5 Å². The summed E-state index contributed by atoms with van der Waals surface area (Å²) in [5, 5.41) is 15.0. The van der Waals surface area contributed by atoms with Crippen LogP contribution in [0.15, 0.2) is 60.7 Å². The molecule has 0 aliphatic carbocycles. The van der Waals surface area contributed by atoms with Crippen LogP contribution in [0.3, 0.4) is 0 Å². The average Bonchev–Trinajstić information content (AvgIpc) is 3.26. The normalized spacial score (nSPS) is 10.9. The van der Waals surface area contributed by atoms with Crippen LogP contribution >= 0.6 is 0 Å². The molecule has 1 N–H and O–H groups in total. The van der Waals surface area contributed by atoms with E-state index >= 15 is 0 Å². The minimum Gasteiger partial charge on any atom is -0.493 e. The number of H-pyrrole nitrogens is 1. The second-order valence-electron chi connectivity index (χ2n) is 6.39. The Morgan fingerprint density at radius 2 is 1.75 bits per heavy atom. The molecule has 142 valence electrons. The molecule has 0 fully saturated rings. The lowest BCUT2D eigenvalue weighted by Gasteiger charge is -2.10. The highest BCUT2D eigenvalue weighted by Crippen LogP contribution is 2.21. The second kappa shape index (κ2) is 8.94. The summed E-state index contributed by atoms with van der Waals surface area (Å²) in [4.78, 5) is 4.63. The van der Waals surface area contributed by atoms with E-state index in [2.05, 4.69) is 37.7 Å². The minimum atomic E-state index is 0.416. The molecule has 2 aromatic heterocycles. The SMILES string of the molecule is c1cc(OCCCCc2nn[nH]n2)cc(OCc2ccc3ccccc3n2)c1. The van der Waals surface area contributed by atoms with Gasteiger partial charge in [0.15, 0.2) is 5.82 Å². The maximum Gasteiger partial charge on any atom is 0.174 e. The van der Waals surface area contributed by atoms with Gasteiger partial charge in [-0.15, -0.1) is 10.2 Å². The molecule has 0 aliphatic heterocycles. The van der Waals surface area contributed by atoms with Gasteiger partial charge in [-0.2, -0.15) is 5.21 Å². The molecule has 2 aromatic carbocycles. The predicted molar refractivity (Wildman–Crippen MR) is 105 cm³/mol. The van der Waals surface area contributed by atoms with E-state index in [1.807, 2.05) is 48.5 Å². The number of nitrogens with one attached hydrogen (secondary N) is 1. The Balaban J connectivity index is 1.25. The van der Waals surface area contributed by atoms with Crippen molar-refractivity contribution >= 4 is 10.9 Å². The van der Waals surface area contributed by atoms with Gasteiger partial charge in [0.1, 0.15) is 18.1 Å². The van der Waals surface area contributed by atoms with Gasteiger partial charge in [0.2, 0.25) is 0 Å². The van der Waals surface area contributed by atoms with E-state index in [9.17, 15) is 0 Å². The number of benzene rings is 2. The molecule has 0 amide bonds. The Kier molecular flexibility index (Phi) is 5.72. The van der Waals surface area contributed by atoms with Gasteiger partial charge in [-0.3, -0.25) is 0 Å². The molecule has 2 heterocycles. The van der Waals surface area contributed by atoms with Crippen LogP contribution in [0.5, 0.6) is 11.5 Å². The van der Waals surface area contributed by atoms with Gasteiger partial charge in [-0.25, -0.2) is 4.98 Å². The molecule has 0 radical (unpaired) electrons. The number of hydrogen-bond donors (Lipinski definition) is 1. The Labute approximate surface area is 162 Å². The summed E-state index contributed by atoms with van der Waals surface area (Å²) in [6.45, 7) is 1.05. The predicted octanol–water partition coefficient (Wildman–Crippen LogP) is 3.73. The van der Waals surface area contributed by atoms with Gasteiger partial charge >= 0.3 is 0 Å². The fourth-order valence-electron chi connectivity index (χ4n) is 2.86. The highest BCUT2D eigenvalue weighted by atomic mass is 16.5. The van der Waals surface area contributed by atoms with Crippen molar-refractivity contribution < 1.29 is 9.47 Å². The van der Waals surface area contributed by atoms with Crippen LogP contribution in [0.25, 0.3) is 10.9 Å². The maximum absolute atomic E-state index is 5.89. The largest absolute Gasteiger partial charge is 0.493 e. The number of aromatic nitrogens is 5. The van der Waals surface area contributed by atoms with Crippen LogP contribution in [0.4, 0.5) is 0 Å². The molecular weight excluding hydrogens is 354 g/mol. The zero-order valence-electron chi connectivity index (χ0n) is 15.4. The Morgan fingerprint density at radius 1 is 0.857 bits per heavy atom. The van der Waals surface area contributed by atoms with Crippen LogP contribution in [0, 0.1) is 0 Å². The first kappa shape index (κ1) is 17.9. The molecule has 0 saturated heterocycles. The molecule has 0 bridgehead atoms. The smallest absolute Gasteiger partial charge is 0.174 e. The number of aromatic amines is 1. The molecule has 28 heavy (non-hydrogen) atoms. The van der Waals surface area contributed by atoms with Gasteiger partial charge in [0.05, 0.1) is 17.8 Å². The Bertz CT molecular complexity index is 1020. The topological polar surface area (TPSA) is 85.8 Å². The molecule has 7 heteroatoms. The number of unbranched alkanes of at least 4 members (excludes halogenated alkanes) is 1. The molecule has 0 spiro atoms. The van der Waals surface area contributed by atoms with Gasteiger partial charge in [-0.1, -0.05) is 35.5 Å². The molecule has 0 atom stereocenters. The molecule has 0 unspecified atom stereocenters. The van der Waals surface area contributed by atoms with E-state index in [0.717, 1.165) is 53.2 Å². The van der Waals surface area contributed by atoms with Crippen LogP contribution in [0.1, 0.15) is 24.4 Å². The highest BCUT2D eigenvalue weighted by molar-refractivity contribution is 5.78. The first-order chi connectivity index (χ1) is 13.9. The molecular formula is C21H21N5O2. The zero-order chi connectivity index (χ0) is 19.0. The fraction of sp³-hybridized carbons (Fsp3) is 0.238. The number of aryl methyl sites for hydroxylation is 1. The second-order valence-corrected chi connectivity index (χ2v) is 6.39. The van der Waals surface area contributed by atoms with Crippen molar-refractivity contribution in [1.82, 2.24) is 25.6 Å². The van der Waals surface area contributed by atoms with Crippen molar-refractivity contribution in [2.24, 2.45) is 0 Å². The van der Waals surface area contributed by atoms with E-state index in [1.165, 1.54) is 0 Å². The molecule has 4 aromatic rings. The third-order valence-corrected chi connectivity index (χ3v) is 4.30. The van der Waals surface area contributed by atoms with Crippen molar-refractivity contribution in [3.05, 3.63) is 72.2 Å². The summed E-state index contributed by atoms with van der Waals surface area (Å²) < 4.78 is 11.7. The van der Waals surface area contributed by atoms with Crippen molar-refractivity contribution in [2.75, 3.05) is 6.61 Å². The number of pyridine rings is 1. The summed E-state index contributed by atoms with van der Waals surface area (Å²) >= 11 is 0. The van der Waals surface area contributed by atoms with Crippen LogP contribution < -0.4 is 9.47 Å². The Morgan fingerprint density at radius 3 is 2.64 bits per heavy atom. The quantitative estimate of drug-likeness (QED) is 0.449. The summed E-state index contributed by atoms with van der Waals surface area (Å²) in [6.07, 6.45) is 2.66. The van der Waals surface area contributed by atoms with Crippen LogP contribution in [0.2, 0.25) is 0 Å². The fourth-order valence-corrected chi connectivity index (χ4v) is 2.86. The first-order valence-corrected chi connectivity index (χ1v) is 9.29.